The van der Waals surface area contributed by atoms with Crippen LogP contribution in [0.5, 0.6) is 5.75 Å². The van der Waals surface area contributed by atoms with Crippen molar-refractivity contribution in [2.75, 3.05) is 18.0 Å². The van der Waals surface area contributed by atoms with E-state index in [4.69, 9.17) is 4.74 Å². The normalized spacial score (nSPS) is 15.8. The fourth-order valence-electron chi connectivity index (χ4n) is 2.73. The van der Waals surface area contributed by atoms with Crippen molar-refractivity contribution in [3.8, 4) is 5.75 Å². The van der Waals surface area contributed by atoms with Crippen LogP contribution in [0.25, 0.3) is 10.3 Å². The third-order valence-corrected chi connectivity index (χ3v) is 5.38. The third kappa shape index (κ3) is 3.21. The average molecular weight is 409 g/mol. The predicted molar refractivity (Wildman–Crippen MR) is 95.2 cm³/mol. The van der Waals surface area contributed by atoms with E-state index >= 15 is 0 Å². The first-order valence-electron chi connectivity index (χ1n) is 7.62. The van der Waals surface area contributed by atoms with Crippen LogP contribution in [-0.4, -0.2) is 34.1 Å². The lowest BCUT2D eigenvalue weighted by atomic mass is 10.1. The van der Waals surface area contributed by atoms with Crippen LogP contribution in [0.15, 0.2) is 34.4 Å². The molecule has 1 aliphatic rings. The number of benzene rings is 1. The van der Waals surface area contributed by atoms with Crippen LogP contribution >= 0.6 is 27.3 Å². The lowest BCUT2D eigenvalue weighted by Gasteiger charge is -2.32. The van der Waals surface area contributed by atoms with Gasteiger partial charge in [0, 0.05) is 32.0 Å². The molecule has 8 heteroatoms. The van der Waals surface area contributed by atoms with E-state index < -0.39 is 0 Å². The van der Waals surface area contributed by atoms with E-state index in [1.807, 2.05) is 0 Å². The first-order valence-corrected chi connectivity index (χ1v) is 9.29. The van der Waals surface area contributed by atoms with Gasteiger partial charge in [-0.05, 0) is 28.1 Å². The molecule has 3 heterocycles. The highest BCUT2D eigenvalue weighted by atomic mass is 79.9. The second-order valence-corrected chi connectivity index (χ2v) is 7.28. The smallest absolute Gasteiger partial charge is 0.226 e. The molecule has 4 rings (SSSR count). The summed E-state index contributed by atoms with van der Waals surface area (Å²) in [7, 11) is 0. The fraction of sp³-hybridized carbons (Fsp3) is 0.312. The van der Waals surface area contributed by atoms with Crippen molar-refractivity contribution >= 4 is 43.6 Å². The highest BCUT2D eigenvalue weighted by Crippen LogP contribution is 2.29. The van der Waals surface area contributed by atoms with Gasteiger partial charge in [-0.25, -0.2) is 19.3 Å². The lowest BCUT2D eigenvalue weighted by Crippen LogP contribution is -2.39. The zero-order chi connectivity index (χ0) is 16.5. The summed E-state index contributed by atoms with van der Waals surface area (Å²) in [6.07, 6.45) is 3.51. The van der Waals surface area contributed by atoms with Gasteiger partial charge in [0.05, 0.1) is 16.2 Å². The molecule has 1 saturated heterocycles. The van der Waals surface area contributed by atoms with Crippen molar-refractivity contribution in [1.82, 2.24) is 15.0 Å². The number of nitrogens with zero attached hydrogens (tertiary/aromatic N) is 4. The monoisotopic (exact) mass is 408 g/mol. The van der Waals surface area contributed by atoms with Crippen LogP contribution < -0.4 is 9.64 Å². The zero-order valence-corrected chi connectivity index (χ0v) is 15.1. The Kier molecular flexibility index (Phi) is 4.32. The number of anilines is 1. The van der Waals surface area contributed by atoms with Gasteiger partial charge in [-0.2, -0.15) is 0 Å². The van der Waals surface area contributed by atoms with E-state index in [1.165, 1.54) is 23.5 Å². The minimum atomic E-state index is -0.295. The Hall–Kier alpha value is -1.80. The van der Waals surface area contributed by atoms with E-state index in [1.54, 1.807) is 17.8 Å². The standard InChI is InChI=1S/C16H14BrFN4OS/c17-12-2-1-10(18)7-14(12)23-11-3-5-22(6-4-11)16-19-8-13-15(21-16)24-9-20-13/h1-2,7-9,11H,3-6H2. The van der Waals surface area contributed by atoms with Gasteiger partial charge in [0.15, 0.2) is 0 Å². The van der Waals surface area contributed by atoms with Crippen LogP contribution in [0, 0.1) is 5.82 Å². The molecule has 1 fully saturated rings. The van der Waals surface area contributed by atoms with Crippen LogP contribution in [0.2, 0.25) is 0 Å². The number of hydrogen-bond donors (Lipinski definition) is 0. The molecule has 0 saturated carbocycles. The Morgan fingerprint density at radius 2 is 2.08 bits per heavy atom. The topological polar surface area (TPSA) is 51.1 Å². The van der Waals surface area contributed by atoms with Gasteiger partial charge in [0.2, 0.25) is 5.95 Å². The summed E-state index contributed by atoms with van der Waals surface area (Å²) in [6, 6.07) is 4.49. The summed E-state index contributed by atoms with van der Waals surface area (Å²) in [4.78, 5) is 16.2. The van der Waals surface area contributed by atoms with Gasteiger partial charge in [-0.1, -0.05) is 0 Å². The van der Waals surface area contributed by atoms with Gasteiger partial charge in [-0.15, -0.1) is 11.3 Å². The van der Waals surface area contributed by atoms with Crippen molar-refractivity contribution in [3.05, 3.63) is 40.2 Å². The number of fused-ring (bicyclic) bond motifs is 1. The summed E-state index contributed by atoms with van der Waals surface area (Å²) in [5.41, 5.74) is 2.61. The number of aromatic nitrogens is 3. The molecule has 2 aromatic heterocycles. The Labute approximate surface area is 150 Å². The zero-order valence-electron chi connectivity index (χ0n) is 12.7. The van der Waals surface area contributed by atoms with E-state index in [9.17, 15) is 4.39 Å². The summed E-state index contributed by atoms with van der Waals surface area (Å²) < 4.78 is 20.1. The van der Waals surface area contributed by atoms with Crippen LogP contribution in [0.3, 0.4) is 0 Å². The molecule has 0 atom stereocenters. The number of ether oxygens (including phenoxy) is 1. The van der Waals surface area contributed by atoms with E-state index in [-0.39, 0.29) is 11.9 Å². The first kappa shape index (κ1) is 15.7. The van der Waals surface area contributed by atoms with Crippen LogP contribution in [0.1, 0.15) is 12.8 Å². The number of rotatable bonds is 3. The molecule has 0 unspecified atom stereocenters. The largest absolute Gasteiger partial charge is 0.489 e. The summed E-state index contributed by atoms with van der Waals surface area (Å²) in [5.74, 6) is 0.991. The van der Waals surface area contributed by atoms with Crippen LogP contribution in [0.4, 0.5) is 10.3 Å². The number of halogens is 2. The quantitative estimate of drug-likeness (QED) is 0.654. The molecule has 0 spiro atoms. The Morgan fingerprint density at radius 3 is 2.92 bits per heavy atom. The van der Waals surface area contributed by atoms with Crippen molar-refractivity contribution in [2.24, 2.45) is 0 Å². The number of hydrogen-bond acceptors (Lipinski definition) is 6. The predicted octanol–water partition coefficient (Wildman–Crippen LogP) is 4.04. The molecule has 24 heavy (non-hydrogen) atoms. The van der Waals surface area contributed by atoms with E-state index in [2.05, 4.69) is 35.8 Å². The van der Waals surface area contributed by atoms with Crippen molar-refractivity contribution < 1.29 is 9.13 Å². The van der Waals surface area contributed by atoms with E-state index in [0.29, 0.717) is 5.75 Å². The minimum Gasteiger partial charge on any atom is -0.489 e. The summed E-state index contributed by atoms with van der Waals surface area (Å²) >= 11 is 4.91. The van der Waals surface area contributed by atoms with E-state index in [0.717, 1.165) is 46.7 Å². The maximum absolute atomic E-state index is 13.4. The fourth-order valence-corrected chi connectivity index (χ4v) is 3.70. The summed E-state index contributed by atoms with van der Waals surface area (Å²) in [6.45, 7) is 1.61. The van der Waals surface area contributed by atoms with Crippen molar-refractivity contribution in [2.45, 2.75) is 18.9 Å². The molecule has 124 valence electrons. The SMILES string of the molecule is Fc1ccc(Br)c(OC2CCN(c3ncc4ncsc4n3)CC2)c1. The molecule has 3 aromatic rings. The number of piperidine rings is 1. The molecule has 0 bridgehead atoms. The molecular weight excluding hydrogens is 395 g/mol. The molecule has 5 nitrogen and oxygen atoms in total. The molecule has 1 aromatic carbocycles. The summed E-state index contributed by atoms with van der Waals surface area (Å²) in [5, 5.41) is 0. The van der Waals surface area contributed by atoms with Crippen LogP contribution in [-0.2, 0) is 0 Å². The van der Waals surface area contributed by atoms with Gasteiger partial charge in [0.1, 0.15) is 28.0 Å². The average Bonchev–Trinajstić information content (AvgIpc) is 3.06. The second kappa shape index (κ2) is 6.60. The molecular formula is C16H14BrFN4OS. The minimum absolute atomic E-state index is 0.0616. The highest BCUT2D eigenvalue weighted by Gasteiger charge is 2.23. The van der Waals surface area contributed by atoms with Gasteiger partial charge in [0.25, 0.3) is 0 Å². The Morgan fingerprint density at radius 1 is 1.25 bits per heavy atom. The van der Waals surface area contributed by atoms with Crippen molar-refractivity contribution in [3.63, 3.8) is 0 Å². The first-order chi connectivity index (χ1) is 11.7. The number of thiazole rings is 1. The second-order valence-electron chi connectivity index (χ2n) is 5.59. The highest BCUT2D eigenvalue weighted by molar-refractivity contribution is 9.10. The molecule has 0 aliphatic carbocycles. The maximum atomic E-state index is 13.4. The van der Waals surface area contributed by atoms with Crippen molar-refractivity contribution in [1.29, 1.82) is 0 Å². The molecule has 1 aliphatic heterocycles. The molecule has 0 N–H and O–H groups in total. The van der Waals surface area contributed by atoms with Gasteiger partial charge >= 0.3 is 0 Å². The Balaban J connectivity index is 1.42. The lowest BCUT2D eigenvalue weighted by molar-refractivity contribution is 0.169. The Bertz CT molecular complexity index is 866. The molecule has 0 amide bonds. The van der Waals surface area contributed by atoms with Gasteiger partial charge < -0.3 is 9.64 Å². The third-order valence-electron chi connectivity index (χ3n) is 3.99. The van der Waals surface area contributed by atoms with Gasteiger partial charge in [-0.3, -0.25) is 0 Å². The molecule has 0 radical (unpaired) electrons. The maximum Gasteiger partial charge on any atom is 0.226 e.